The van der Waals surface area contributed by atoms with Crippen LogP contribution in [0, 0.1) is 0 Å². The number of hydrogen-bond donors (Lipinski definition) is 0. The van der Waals surface area contributed by atoms with Gasteiger partial charge in [0.25, 0.3) is 0 Å². The number of sulfonamides is 1. The van der Waals surface area contributed by atoms with Gasteiger partial charge in [-0.05, 0) is 24.7 Å². The van der Waals surface area contributed by atoms with Gasteiger partial charge in [0, 0.05) is 26.2 Å². The molecule has 0 aromatic heterocycles. The minimum atomic E-state index is -3.69. The van der Waals surface area contributed by atoms with Crippen LogP contribution in [0.25, 0.3) is 0 Å². The Kier molecular flexibility index (Phi) is 6.60. The Morgan fingerprint density at radius 1 is 1.19 bits per heavy atom. The number of piperazine rings is 1. The molecule has 2 rings (SSSR count). The number of ether oxygens (including phenoxy) is 1. The molecule has 9 heteroatoms. The van der Waals surface area contributed by atoms with Gasteiger partial charge in [-0.1, -0.05) is 13.0 Å². The first-order valence-corrected chi connectivity index (χ1v) is 10.3. The second-order valence-electron chi connectivity index (χ2n) is 6.13. The molecule has 0 unspecified atom stereocenters. The van der Waals surface area contributed by atoms with E-state index in [1.807, 2.05) is 0 Å². The van der Waals surface area contributed by atoms with Crippen LogP contribution in [-0.4, -0.2) is 82.7 Å². The Hall–Kier alpha value is -2.13. The van der Waals surface area contributed by atoms with Gasteiger partial charge in [-0.2, -0.15) is 0 Å². The maximum Gasteiger partial charge on any atom is 0.337 e. The smallest absolute Gasteiger partial charge is 0.337 e. The van der Waals surface area contributed by atoms with E-state index in [4.69, 9.17) is 0 Å². The molecule has 1 heterocycles. The molecule has 144 valence electrons. The molecule has 0 aliphatic carbocycles. The molecule has 1 fully saturated rings. The zero-order valence-corrected chi connectivity index (χ0v) is 16.2. The number of esters is 1. The van der Waals surface area contributed by atoms with Gasteiger partial charge in [0.15, 0.2) is 0 Å². The molecule has 0 spiro atoms. The van der Waals surface area contributed by atoms with Crippen LogP contribution < -0.4 is 4.31 Å². The topological polar surface area (TPSA) is 87.2 Å². The Morgan fingerprint density at radius 3 is 2.38 bits per heavy atom. The SMILES string of the molecule is CCN1CCN(C(=O)CN(c2cccc(C(=O)OC)c2)S(C)(=O)=O)CC1. The Labute approximate surface area is 154 Å². The number of anilines is 1. The van der Waals surface area contributed by atoms with Crippen LogP contribution in [-0.2, 0) is 19.6 Å². The summed E-state index contributed by atoms with van der Waals surface area (Å²) >= 11 is 0. The van der Waals surface area contributed by atoms with E-state index >= 15 is 0 Å². The minimum absolute atomic E-state index is 0.225. The van der Waals surface area contributed by atoms with E-state index in [1.54, 1.807) is 17.0 Å². The van der Waals surface area contributed by atoms with E-state index in [1.165, 1.54) is 19.2 Å². The lowest BCUT2D eigenvalue weighted by molar-refractivity contribution is -0.131. The molecule has 0 radical (unpaired) electrons. The van der Waals surface area contributed by atoms with Crippen molar-refractivity contribution in [2.75, 3.05) is 56.9 Å². The lowest BCUT2D eigenvalue weighted by atomic mass is 10.2. The maximum absolute atomic E-state index is 12.6. The zero-order valence-electron chi connectivity index (χ0n) is 15.3. The summed E-state index contributed by atoms with van der Waals surface area (Å²) in [5.41, 5.74) is 0.485. The molecule has 8 nitrogen and oxygen atoms in total. The van der Waals surface area contributed by atoms with Crippen molar-refractivity contribution in [3.8, 4) is 0 Å². The number of carbonyl (C=O) groups is 2. The normalized spacial score (nSPS) is 15.6. The average molecular weight is 383 g/mol. The van der Waals surface area contributed by atoms with Gasteiger partial charge in [-0.3, -0.25) is 9.10 Å². The molecule has 1 aromatic carbocycles. The number of likely N-dealkylation sites (N-methyl/N-ethyl adjacent to an activating group) is 1. The van der Waals surface area contributed by atoms with Crippen LogP contribution in [0.5, 0.6) is 0 Å². The highest BCUT2D eigenvalue weighted by Crippen LogP contribution is 2.20. The summed E-state index contributed by atoms with van der Waals surface area (Å²) in [6, 6.07) is 6.05. The van der Waals surface area contributed by atoms with E-state index in [0.29, 0.717) is 13.1 Å². The molecular formula is C17H25N3O5S. The summed E-state index contributed by atoms with van der Waals surface area (Å²) < 4.78 is 30.1. The summed E-state index contributed by atoms with van der Waals surface area (Å²) in [4.78, 5) is 28.2. The van der Waals surface area contributed by atoms with E-state index < -0.39 is 16.0 Å². The third-order valence-electron chi connectivity index (χ3n) is 4.41. The van der Waals surface area contributed by atoms with Crippen LogP contribution in [0.3, 0.4) is 0 Å². The van der Waals surface area contributed by atoms with Gasteiger partial charge < -0.3 is 14.5 Å². The number of nitrogens with zero attached hydrogens (tertiary/aromatic N) is 3. The fourth-order valence-corrected chi connectivity index (χ4v) is 3.68. The number of carbonyl (C=O) groups excluding carboxylic acids is 2. The molecule has 26 heavy (non-hydrogen) atoms. The first-order chi connectivity index (χ1) is 12.3. The number of methoxy groups -OCH3 is 1. The highest BCUT2D eigenvalue weighted by molar-refractivity contribution is 7.92. The maximum atomic E-state index is 12.6. The van der Waals surface area contributed by atoms with Crippen LogP contribution in [0.1, 0.15) is 17.3 Å². The van der Waals surface area contributed by atoms with Crippen molar-refractivity contribution < 1.29 is 22.7 Å². The summed E-state index contributed by atoms with van der Waals surface area (Å²) in [5.74, 6) is -0.822. The average Bonchev–Trinajstić information content (AvgIpc) is 2.64. The van der Waals surface area contributed by atoms with Crippen molar-refractivity contribution in [3.63, 3.8) is 0 Å². The first kappa shape index (κ1) is 20.2. The number of rotatable bonds is 6. The third kappa shape index (κ3) is 4.95. The monoisotopic (exact) mass is 383 g/mol. The van der Waals surface area contributed by atoms with Gasteiger partial charge in [-0.25, -0.2) is 13.2 Å². The minimum Gasteiger partial charge on any atom is -0.465 e. The number of benzene rings is 1. The molecule has 1 aliphatic rings. The summed E-state index contributed by atoms with van der Waals surface area (Å²) in [6.45, 7) is 5.40. The zero-order chi connectivity index (χ0) is 19.3. The molecule has 0 bridgehead atoms. The van der Waals surface area contributed by atoms with E-state index in [-0.39, 0.29) is 23.7 Å². The van der Waals surface area contributed by atoms with Crippen LogP contribution in [0.4, 0.5) is 5.69 Å². The molecule has 0 saturated carbocycles. The summed E-state index contributed by atoms with van der Waals surface area (Å²) in [5, 5.41) is 0. The molecule has 0 N–H and O–H groups in total. The second-order valence-corrected chi connectivity index (χ2v) is 8.03. The molecule has 0 atom stereocenters. The fraction of sp³-hybridized carbons (Fsp3) is 0.529. The molecule has 1 saturated heterocycles. The van der Waals surface area contributed by atoms with Crippen LogP contribution in [0.15, 0.2) is 24.3 Å². The summed E-state index contributed by atoms with van der Waals surface area (Å²) in [6.07, 6.45) is 1.04. The van der Waals surface area contributed by atoms with Crippen LogP contribution in [0.2, 0.25) is 0 Å². The fourth-order valence-electron chi connectivity index (χ4n) is 2.84. The van der Waals surface area contributed by atoms with Gasteiger partial charge in [0.05, 0.1) is 24.6 Å². The van der Waals surface area contributed by atoms with Gasteiger partial charge >= 0.3 is 5.97 Å². The standard InChI is InChI=1S/C17H25N3O5S/c1-4-18-8-10-19(11-9-18)16(21)13-20(26(3,23)24)15-7-5-6-14(12-15)17(22)25-2/h5-7,12H,4,8-11,13H2,1-3H3. The highest BCUT2D eigenvalue weighted by Gasteiger charge is 2.26. The van der Waals surface area contributed by atoms with Crippen molar-refractivity contribution in [1.82, 2.24) is 9.80 Å². The Bertz CT molecular complexity index is 757. The van der Waals surface area contributed by atoms with Crippen molar-refractivity contribution >= 4 is 27.6 Å². The van der Waals surface area contributed by atoms with E-state index in [2.05, 4.69) is 16.6 Å². The molecular weight excluding hydrogens is 358 g/mol. The summed E-state index contributed by atoms with van der Waals surface area (Å²) in [7, 11) is -2.44. The van der Waals surface area contributed by atoms with E-state index in [9.17, 15) is 18.0 Å². The predicted octanol–water partition coefficient (Wildman–Crippen LogP) is 0.403. The van der Waals surface area contributed by atoms with Crippen LogP contribution >= 0.6 is 0 Å². The van der Waals surface area contributed by atoms with Crippen molar-refractivity contribution in [2.24, 2.45) is 0 Å². The Morgan fingerprint density at radius 2 is 1.85 bits per heavy atom. The van der Waals surface area contributed by atoms with Gasteiger partial charge in [0.1, 0.15) is 6.54 Å². The number of hydrogen-bond acceptors (Lipinski definition) is 6. The predicted molar refractivity (Wildman–Crippen MR) is 98.7 cm³/mol. The lowest BCUT2D eigenvalue weighted by Gasteiger charge is -2.35. The van der Waals surface area contributed by atoms with Crippen molar-refractivity contribution in [1.29, 1.82) is 0 Å². The first-order valence-electron chi connectivity index (χ1n) is 8.42. The van der Waals surface area contributed by atoms with Gasteiger partial charge in [0.2, 0.25) is 15.9 Å². The largest absolute Gasteiger partial charge is 0.465 e. The third-order valence-corrected chi connectivity index (χ3v) is 5.55. The molecule has 1 aliphatic heterocycles. The number of amides is 1. The van der Waals surface area contributed by atoms with E-state index in [0.717, 1.165) is 30.2 Å². The lowest BCUT2D eigenvalue weighted by Crippen LogP contribution is -2.51. The van der Waals surface area contributed by atoms with Crippen molar-refractivity contribution in [2.45, 2.75) is 6.92 Å². The van der Waals surface area contributed by atoms with Crippen molar-refractivity contribution in [3.05, 3.63) is 29.8 Å². The quantitative estimate of drug-likeness (QED) is 0.661. The molecule has 1 amide bonds. The second kappa shape index (κ2) is 8.50. The highest BCUT2D eigenvalue weighted by atomic mass is 32.2. The van der Waals surface area contributed by atoms with Gasteiger partial charge in [-0.15, -0.1) is 0 Å². The Balaban J connectivity index is 2.19. The molecule has 1 aromatic rings.